The maximum Gasteiger partial charge on any atom is 0.246 e. The summed E-state index contributed by atoms with van der Waals surface area (Å²) in [5.41, 5.74) is 2.10. The molecule has 2 aromatic rings. The van der Waals surface area contributed by atoms with Crippen LogP contribution < -0.4 is 4.74 Å². The summed E-state index contributed by atoms with van der Waals surface area (Å²) in [6.45, 7) is 6.24. The average molecular weight is 337 g/mol. The van der Waals surface area contributed by atoms with Gasteiger partial charge in [0.2, 0.25) is 5.91 Å². The third-order valence-corrected chi connectivity index (χ3v) is 4.00. The van der Waals surface area contributed by atoms with Gasteiger partial charge in [0.05, 0.1) is 0 Å². The van der Waals surface area contributed by atoms with Crippen LogP contribution in [0, 0.1) is 0 Å². The van der Waals surface area contributed by atoms with E-state index >= 15 is 0 Å². The van der Waals surface area contributed by atoms with E-state index in [0.717, 1.165) is 42.8 Å². The quantitative estimate of drug-likeness (QED) is 0.607. The SMILES string of the molecule is CCCCN(CC)C(=O)/C=C/c1cccc(OCc2ccccc2)c1. The van der Waals surface area contributed by atoms with Crippen molar-refractivity contribution in [2.24, 2.45) is 0 Å². The Kier molecular flexibility index (Phi) is 7.77. The minimum atomic E-state index is 0.0616. The van der Waals surface area contributed by atoms with Crippen LogP contribution >= 0.6 is 0 Å². The number of hydrogen-bond donors (Lipinski definition) is 0. The molecule has 0 atom stereocenters. The molecule has 0 bridgehead atoms. The third-order valence-electron chi connectivity index (χ3n) is 4.00. The number of amides is 1. The Labute approximate surface area is 150 Å². The van der Waals surface area contributed by atoms with E-state index in [0.29, 0.717) is 6.61 Å². The Hall–Kier alpha value is -2.55. The molecule has 0 unspecified atom stereocenters. The van der Waals surface area contributed by atoms with Crippen LogP contribution in [0.25, 0.3) is 6.08 Å². The molecular weight excluding hydrogens is 310 g/mol. The predicted molar refractivity (Wildman–Crippen MR) is 103 cm³/mol. The predicted octanol–water partition coefficient (Wildman–Crippen LogP) is 4.93. The number of likely N-dealkylation sites (N-methyl/N-ethyl adjacent to an activating group) is 1. The summed E-state index contributed by atoms with van der Waals surface area (Å²) in [7, 11) is 0. The van der Waals surface area contributed by atoms with E-state index < -0.39 is 0 Å². The largest absolute Gasteiger partial charge is 0.489 e. The highest BCUT2D eigenvalue weighted by Crippen LogP contribution is 2.16. The van der Waals surface area contributed by atoms with Crippen LogP contribution in [0.3, 0.4) is 0 Å². The molecule has 0 aromatic heterocycles. The van der Waals surface area contributed by atoms with Gasteiger partial charge in [0.15, 0.2) is 0 Å². The summed E-state index contributed by atoms with van der Waals surface area (Å²) in [4.78, 5) is 14.1. The number of benzene rings is 2. The van der Waals surface area contributed by atoms with Crippen LogP contribution in [-0.2, 0) is 11.4 Å². The summed E-state index contributed by atoms with van der Waals surface area (Å²) in [5, 5.41) is 0. The fraction of sp³-hybridized carbons (Fsp3) is 0.318. The Morgan fingerprint density at radius 3 is 2.60 bits per heavy atom. The minimum absolute atomic E-state index is 0.0616. The van der Waals surface area contributed by atoms with Gasteiger partial charge in [0.25, 0.3) is 0 Å². The molecule has 25 heavy (non-hydrogen) atoms. The van der Waals surface area contributed by atoms with Crippen molar-refractivity contribution in [3.63, 3.8) is 0 Å². The van der Waals surface area contributed by atoms with Crippen LogP contribution in [0.4, 0.5) is 0 Å². The molecule has 0 saturated carbocycles. The topological polar surface area (TPSA) is 29.5 Å². The first kappa shape index (κ1) is 18.8. The lowest BCUT2D eigenvalue weighted by Gasteiger charge is -2.18. The average Bonchev–Trinajstić information content (AvgIpc) is 2.66. The van der Waals surface area contributed by atoms with Gasteiger partial charge in [-0.05, 0) is 42.7 Å². The summed E-state index contributed by atoms with van der Waals surface area (Å²) < 4.78 is 5.83. The lowest BCUT2D eigenvalue weighted by atomic mass is 10.2. The second-order valence-electron chi connectivity index (χ2n) is 5.95. The van der Waals surface area contributed by atoms with E-state index in [-0.39, 0.29) is 5.91 Å². The number of carbonyl (C=O) groups is 1. The van der Waals surface area contributed by atoms with E-state index in [1.807, 2.05) is 72.5 Å². The van der Waals surface area contributed by atoms with Crippen molar-refractivity contribution in [1.82, 2.24) is 4.90 Å². The van der Waals surface area contributed by atoms with Gasteiger partial charge in [-0.1, -0.05) is 55.8 Å². The van der Waals surface area contributed by atoms with Gasteiger partial charge < -0.3 is 9.64 Å². The molecule has 0 radical (unpaired) electrons. The minimum Gasteiger partial charge on any atom is -0.489 e. The normalized spacial score (nSPS) is 10.8. The van der Waals surface area contributed by atoms with Gasteiger partial charge in [-0.2, -0.15) is 0 Å². The van der Waals surface area contributed by atoms with Gasteiger partial charge in [-0.15, -0.1) is 0 Å². The van der Waals surface area contributed by atoms with Gasteiger partial charge in [0.1, 0.15) is 12.4 Å². The molecular formula is C22H27NO2. The van der Waals surface area contributed by atoms with E-state index in [1.54, 1.807) is 6.08 Å². The van der Waals surface area contributed by atoms with Gasteiger partial charge >= 0.3 is 0 Å². The number of rotatable bonds is 9. The fourth-order valence-electron chi connectivity index (χ4n) is 2.49. The van der Waals surface area contributed by atoms with Crippen molar-refractivity contribution < 1.29 is 9.53 Å². The van der Waals surface area contributed by atoms with Gasteiger partial charge in [0, 0.05) is 19.2 Å². The van der Waals surface area contributed by atoms with Crippen molar-refractivity contribution in [3.05, 3.63) is 71.8 Å². The maximum atomic E-state index is 12.3. The van der Waals surface area contributed by atoms with Crippen LogP contribution in [0.15, 0.2) is 60.7 Å². The Balaban J connectivity index is 1.94. The number of nitrogens with zero attached hydrogens (tertiary/aromatic N) is 1. The zero-order valence-corrected chi connectivity index (χ0v) is 15.2. The highest BCUT2D eigenvalue weighted by atomic mass is 16.5. The zero-order valence-electron chi connectivity index (χ0n) is 15.2. The Morgan fingerprint density at radius 2 is 1.88 bits per heavy atom. The first-order valence-electron chi connectivity index (χ1n) is 8.96. The first-order valence-corrected chi connectivity index (χ1v) is 8.96. The number of unbranched alkanes of at least 4 members (excludes halogenated alkanes) is 1. The molecule has 0 aliphatic carbocycles. The Bertz CT molecular complexity index is 679. The van der Waals surface area contributed by atoms with Crippen LogP contribution in [-0.4, -0.2) is 23.9 Å². The van der Waals surface area contributed by atoms with Gasteiger partial charge in [-0.25, -0.2) is 0 Å². The second-order valence-corrected chi connectivity index (χ2v) is 5.95. The van der Waals surface area contributed by atoms with Gasteiger partial charge in [-0.3, -0.25) is 4.79 Å². The standard InChI is InChI=1S/C22H27NO2/c1-3-5-16-23(4-2)22(24)15-14-19-12-9-13-21(17-19)25-18-20-10-7-6-8-11-20/h6-15,17H,3-5,16,18H2,1-2H3/b15-14+. The highest BCUT2D eigenvalue weighted by Gasteiger charge is 2.07. The van der Waals surface area contributed by atoms with Crippen molar-refractivity contribution in [1.29, 1.82) is 0 Å². The van der Waals surface area contributed by atoms with E-state index in [2.05, 4.69) is 6.92 Å². The number of hydrogen-bond acceptors (Lipinski definition) is 2. The summed E-state index contributed by atoms with van der Waals surface area (Å²) in [5.74, 6) is 0.864. The second kappa shape index (κ2) is 10.3. The smallest absolute Gasteiger partial charge is 0.246 e. The van der Waals surface area contributed by atoms with Crippen molar-refractivity contribution in [2.75, 3.05) is 13.1 Å². The first-order chi connectivity index (χ1) is 12.2. The fourth-order valence-corrected chi connectivity index (χ4v) is 2.49. The van der Waals surface area contributed by atoms with Crippen LogP contribution in [0.1, 0.15) is 37.8 Å². The Morgan fingerprint density at radius 1 is 1.08 bits per heavy atom. The number of ether oxygens (including phenoxy) is 1. The lowest BCUT2D eigenvalue weighted by Crippen LogP contribution is -2.30. The highest BCUT2D eigenvalue weighted by molar-refractivity contribution is 5.91. The van der Waals surface area contributed by atoms with Crippen LogP contribution in [0.2, 0.25) is 0 Å². The molecule has 0 fully saturated rings. The molecule has 0 N–H and O–H groups in total. The van der Waals surface area contributed by atoms with E-state index in [4.69, 9.17) is 4.74 Å². The molecule has 0 saturated heterocycles. The molecule has 2 rings (SSSR count). The molecule has 132 valence electrons. The molecule has 0 aliphatic rings. The lowest BCUT2D eigenvalue weighted by molar-refractivity contribution is -0.125. The maximum absolute atomic E-state index is 12.3. The van der Waals surface area contributed by atoms with E-state index in [1.165, 1.54) is 0 Å². The summed E-state index contributed by atoms with van der Waals surface area (Å²) in [6, 6.07) is 17.9. The van der Waals surface area contributed by atoms with Crippen molar-refractivity contribution in [3.8, 4) is 5.75 Å². The molecule has 0 heterocycles. The third kappa shape index (κ3) is 6.46. The molecule has 2 aromatic carbocycles. The van der Waals surface area contributed by atoms with Crippen molar-refractivity contribution >= 4 is 12.0 Å². The summed E-state index contributed by atoms with van der Waals surface area (Å²) >= 11 is 0. The zero-order chi connectivity index (χ0) is 17.9. The number of carbonyl (C=O) groups excluding carboxylic acids is 1. The molecule has 1 amide bonds. The van der Waals surface area contributed by atoms with Crippen molar-refractivity contribution in [2.45, 2.75) is 33.3 Å². The van der Waals surface area contributed by atoms with E-state index in [9.17, 15) is 4.79 Å². The van der Waals surface area contributed by atoms with Crippen LogP contribution in [0.5, 0.6) is 5.75 Å². The summed E-state index contributed by atoms with van der Waals surface area (Å²) in [6.07, 6.45) is 5.63. The monoisotopic (exact) mass is 337 g/mol. The molecule has 0 spiro atoms. The molecule has 0 aliphatic heterocycles. The molecule has 3 heteroatoms. The molecule has 3 nitrogen and oxygen atoms in total.